The number of aromatic nitrogens is 4. The average molecular weight is 575 g/mol. The molecule has 0 bridgehead atoms. The van der Waals surface area contributed by atoms with Crippen molar-refractivity contribution in [3.05, 3.63) is 89.6 Å². The highest BCUT2D eigenvalue weighted by atomic mass is 16.7. The zero-order valence-corrected chi connectivity index (χ0v) is 25.4. The van der Waals surface area contributed by atoms with Crippen molar-refractivity contribution in [3.63, 3.8) is 0 Å². The third-order valence-corrected chi connectivity index (χ3v) is 8.30. The van der Waals surface area contributed by atoms with Crippen molar-refractivity contribution in [1.82, 2.24) is 19.1 Å². The van der Waals surface area contributed by atoms with E-state index in [4.69, 9.17) is 19.4 Å². The molecule has 3 heterocycles. The van der Waals surface area contributed by atoms with Crippen LogP contribution in [0, 0.1) is 6.92 Å². The summed E-state index contributed by atoms with van der Waals surface area (Å²) in [6, 6.07) is 20.6. The van der Waals surface area contributed by atoms with Crippen molar-refractivity contribution in [2.24, 2.45) is 0 Å². The number of aryl methyl sites for hydroxylation is 3. The maximum Gasteiger partial charge on any atom is 0.514 e. The van der Waals surface area contributed by atoms with Crippen LogP contribution in [0.4, 0.5) is 4.79 Å². The zero-order chi connectivity index (χ0) is 29.7. The second kappa shape index (κ2) is 10.7. The number of ether oxygens (including phenoxy) is 2. The molecule has 0 unspecified atom stereocenters. The molecule has 2 aromatic heterocycles. The first-order valence-corrected chi connectivity index (χ1v) is 15.4. The van der Waals surface area contributed by atoms with Crippen LogP contribution in [0.2, 0.25) is 0 Å². The van der Waals surface area contributed by atoms with E-state index in [1.807, 2.05) is 39.0 Å². The van der Waals surface area contributed by atoms with Gasteiger partial charge in [0.2, 0.25) is 0 Å². The van der Waals surface area contributed by atoms with Crippen LogP contribution < -0.4 is 4.74 Å². The Bertz CT molecular complexity index is 1800. The van der Waals surface area contributed by atoms with Gasteiger partial charge in [0.25, 0.3) is 0 Å². The van der Waals surface area contributed by atoms with Crippen molar-refractivity contribution >= 4 is 17.2 Å². The van der Waals surface area contributed by atoms with E-state index in [9.17, 15) is 4.79 Å². The Balaban J connectivity index is 1.20. The number of para-hydroxylation sites is 1. The molecule has 0 atom stereocenters. The standard InChI is InChI=1S/C36H38N4O3/c1-23-19-27(29-22-39-18-8-7-11-32(39)37-29)20-30-33(23)38-34(26-16-17-26)40(30)21-24-12-14-25(15-13-24)28-9-5-6-10-31(28)42-35(41)43-36(2,3)4/h5-6,9-10,12-15,19-20,22,26H,7-8,11,16-18,21H2,1-4H3. The van der Waals surface area contributed by atoms with Gasteiger partial charge in [-0.2, -0.15) is 0 Å². The fraction of sp³-hybridized carbons (Fsp3) is 0.361. The molecule has 1 fully saturated rings. The number of nitrogens with zero attached hydrogens (tertiary/aromatic N) is 4. The molecule has 220 valence electrons. The van der Waals surface area contributed by atoms with Gasteiger partial charge in [0, 0.05) is 42.8 Å². The number of hydrogen-bond donors (Lipinski definition) is 0. The van der Waals surface area contributed by atoms with E-state index in [0.717, 1.165) is 47.4 Å². The molecule has 1 aliphatic heterocycles. The van der Waals surface area contributed by atoms with E-state index in [-0.39, 0.29) is 0 Å². The lowest BCUT2D eigenvalue weighted by Crippen LogP contribution is -2.26. The molecule has 2 aliphatic rings. The normalized spacial score (nSPS) is 15.0. The summed E-state index contributed by atoms with van der Waals surface area (Å²) in [7, 11) is 0. The first-order valence-electron chi connectivity index (χ1n) is 15.4. The molecule has 1 aliphatic carbocycles. The summed E-state index contributed by atoms with van der Waals surface area (Å²) >= 11 is 0. The summed E-state index contributed by atoms with van der Waals surface area (Å²) in [6.07, 6.45) is 7.39. The summed E-state index contributed by atoms with van der Waals surface area (Å²) < 4.78 is 15.7. The van der Waals surface area contributed by atoms with Gasteiger partial charge in [-0.15, -0.1) is 0 Å². The predicted molar refractivity (Wildman–Crippen MR) is 168 cm³/mol. The SMILES string of the molecule is Cc1cc(-c2cn3c(n2)CCCC3)cc2c1nc(C1CC1)n2Cc1ccc(-c2ccccc2OC(=O)OC(C)(C)C)cc1. The second-order valence-corrected chi connectivity index (χ2v) is 12.9. The van der Waals surface area contributed by atoms with Crippen LogP contribution in [0.3, 0.4) is 0 Å². The molecule has 43 heavy (non-hydrogen) atoms. The average Bonchev–Trinajstić information content (AvgIpc) is 3.61. The van der Waals surface area contributed by atoms with Gasteiger partial charge in [-0.05, 0) is 88.3 Å². The minimum absolute atomic E-state index is 0.477. The third kappa shape index (κ3) is 5.68. The van der Waals surface area contributed by atoms with Crippen molar-refractivity contribution < 1.29 is 14.3 Å². The smallest absolute Gasteiger partial charge is 0.428 e. The van der Waals surface area contributed by atoms with Crippen molar-refractivity contribution in [1.29, 1.82) is 0 Å². The van der Waals surface area contributed by atoms with Crippen LogP contribution >= 0.6 is 0 Å². The van der Waals surface area contributed by atoms with Crippen LogP contribution in [0.1, 0.15) is 75.1 Å². The molecule has 0 radical (unpaired) electrons. The lowest BCUT2D eigenvalue weighted by Gasteiger charge is -2.19. The van der Waals surface area contributed by atoms with Gasteiger partial charge in [-0.25, -0.2) is 14.8 Å². The number of carbonyl (C=O) groups excluding carboxylic acids is 1. The van der Waals surface area contributed by atoms with Crippen molar-refractivity contribution in [3.8, 4) is 28.1 Å². The van der Waals surface area contributed by atoms with Gasteiger partial charge in [-0.1, -0.05) is 42.5 Å². The Hall–Kier alpha value is -4.39. The number of rotatable bonds is 6. The van der Waals surface area contributed by atoms with Gasteiger partial charge in [-0.3, -0.25) is 0 Å². The number of imidazole rings is 2. The van der Waals surface area contributed by atoms with E-state index in [2.05, 4.69) is 58.7 Å². The lowest BCUT2D eigenvalue weighted by atomic mass is 10.0. The molecular weight excluding hydrogens is 536 g/mol. The number of benzene rings is 3. The van der Waals surface area contributed by atoms with Crippen LogP contribution in [0.5, 0.6) is 5.75 Å². The molecule has 5 aromatic rings. The van der Waals surface area contributed by atoms with E-state index in [1.165, 1.54) is 54.0 Å². The Kier molecular flexibility index (Phi) is 6.83. The highest BCUT2D eigenvalue weighted by Gasteiger charge is 2.30. The molecule has 1 saturated carbocycles. The van der Waals surface area contributed by atoms with Gasteiger partial charge in [0.05, 0.1) is 16.7 Å². The van der Waals surface area contributed by atoms with Gasteiger partial charge < -0.3 is 18.6 Å². The molecule has 0 N–H and O–H groups in total. The molecule has 0 spiro atoms. The Morgan fingerprint density at radius 2 is 1.77 bits per heavy atom. The second-order valence-electron chi connectivity index (χ2n) is 12.9. The summed E-state index contributed by atoms with van der Waals surface area (Å²) in [5.41, 5.74) is 8.04. The van der Waals surface area contributed by atoms with Gasteiger partial charge in [0.15, 0.2) is 0 Å². The number of carbonyl (C=O) groups is 1. The summed E-state index contributed by atoms with van der Waals surface area (Å²) in [6.45, 7) is 9.43. The van der Waals surface area contributed by atoms with Crippen molar-refractivity contribution in [2.75, 3.05) is 0 Å². The van der Waals surface area contributed by atoms with Gasteiger partial charge in [0.1, 0.15) is 23.0 Å². The largest absolute Gasteiger partial charge is 0.514 e. The Morgan fingerprint density at radius 1 is 0.977 bits per heavy atom. The summed E-state index contributed by atoms with van der Waals surface area (Å²) in [5.74, 6) is 3.38. The fourth-order valence-corrected chi connectivity index (χ4v) is 6.06. The third-order valence-electron chi connectivity index (χ3n) is 8.30. The first kappa shape index (κ1) is 27.4. The quantitative estimate of drug-likeness (QED) is 0.150. The minimum atomic E-state index is -0.707. The fourth-order valence-electron chi connectivity index (χ4n) is 6.06. The van der Waals surface area contributed by atoms with Crippen LogP contribution in [0.25, 0.3) is 33.4 Å². The van der Waals surface area contributed by atoms with E-state index in [0.29, 0.717) is 11.7 Å². The molecule has 7 nitrogen and oxygen atoms in total. The molecule has 0 amide bonds. The van der Waals surface area contributed by atoms with E-state index in [1.54, 1.807) is 6.07 Å². The first-order chi connectivity index (χ1) is 20.7. The highest BCUT2D eigenvalue weighted by molar-refractivity contribution is 5.85. The van der Waals surface area contributed by atoms with E-state index < -0.39 is 11.8 Å². The summed E-state index contributed by atoms with van der Waals surface area (Å²) in [5, 5.41) is 0. The zero-order valence-electron chi connectivity index (χ0n) is 25.4. The predicted octanol–water partition coefficient (Wildman–Crippen LogP) is 8.45. The molecule has 7 rings (SSSR count). The maximum absolute atomic E-state index is 12.4. The Labute approximate surface area is 252 Å². The number of fused-ring (bicyclic) bond motifs is 2. The molecule has 0 saturated heterocycles. The van der Waals surface area contributed by atoms with Gasteiger partial charge >= 0.3 is 6.16 Å². The minimum Gasteiger partial charge on any atom is -0.428 e. The number of hydrogen-bond acceptors (Lipinski definition) is 5. The topological polar surface area (TPSA) is 71.2 Å². The Morgan fingerprint density at radius 3 is 2.51 bits per heavy atom. The van der Waals surface area contributed by atoms with Crippen LogP contribution in [-0.4, -0.2) is 30.9 Å². The van der Waals surface area contributed by atoms with E-state index >= 15 is 0 Å². The molecule has 3 aromatic carbocycles. The molecular formula is C36H38N4O3. The van der Waals surface area contributed by atoms with Crippen LogP contribution in [0.15, 0.2) is 66.9 Å². The molecule has 7 heteroatoms. The van der Waals surface area contributed by atoms with Crippen molar-refractivity contribution in [2.45, 2.75) is 84.4 Å². The summed E-state index contributed by atoms with van der Waals surface area (Å²) in [4.78, 5) is 22.6. The van der Waals surface area contributed by atoms with Crippen LogP contribution in [-0.2, 0) is 24.2 Å². The maximum atomic E-state index is 12.4. The monoisotopic (exact) mass is 574 g/mol. The lowest BCUT2D eigenvalue weighted by molar-refractivity contribution is 0.0207. The highest BCUT2D eigenvalue weighted by Crippen LogP contribution is 2.42.